The maximum Gasteiger partial charge on any atom is 0.194 e. The number of hydrogen-bond donors (Lipinski definition) is 1. The zero-order valence-corrected chi connectivity index (χ0v) is 18.6. The van der Waals surface area contributed by atoms with Crippen LogP contribution in [0.15, 0.2) is 47.7 Å². The zero-order chi connectivity index (χ0) is 21.3. The topological polar surface area (TPSA) is 63.9 Å². The molecule has 0 aliphatic carbocycles. The molecule has 7 heteroatoms. The van der Waals surface area contributed by atoms with Crippen molar-refractivity contribution >= 4 is 5.96 Å². The molecule has 7 nitrogen and oxygen atoms in total. The van der Waals surface area contributed by atoms with Gasteiger partial charge < -0.3 is 19.7 Å². The molecule has 2 aliphatic heterocycles. The molecule has 0 radical (unpaired) electrons. The lowest BCUT2D eigenvalue weighted by molar-refractivity contribution is -0.0721. The van der Waals surface area contributed by atoms with Gasteiger partial charge in [-0.15, -0.1) is 0 Å². The fourth-order valence-electron chi connectivity index (χ4n) is 4.17. The Morgan fingerprint density at radius 2 is 2.03 bits per heavy atom. The van der Waals surface area contributed by atoms with Crippen LogP contribution in [0.4, 0.5) is 0 Å². The quantitative estimate of drug-likeness (QED) is 0.544. The van der Waals surface area contributed by atoms with Crippen molar-refractivity contribution in [3.05, 3.63) is 48.3 Å². The van der Waals surface area contributed by atoms with E-state index in [0.29, 0.717) is 18.8 Å². The Labute approximate surface area is 185 Å². The van der Waals surface area contributed by atoms with Crippen LogP contribution in [0.2, 0.25) is 0 Å². The summed E-state index contributed by atoms with van der Waals surface area (Å²) >= 11 is 0. The molecule has 4 rings (SSSR count). The summed E-state index contributed by atoms with van der Waals surface area (Å²) in [5, 5.41) is 7.93. The van der Waals surface area contributed by atoms with Gasteiger partial charge in [-0.3, -0.25) is 0 Å². The van der Waals surface area contributed by atoms with Crippen LogP contribution < -0.4 is 5.32 Å². The van der Waals surface area contributed by atoms with E-state index in [1.807, 2.05) is 29.1 Å². The summed E-state index contributed by atoms with van der Waals surface area (Å²) in [6.45, 7) is 7.14. The molecule has 31 heavy (non-hydrogen) atoms. The molecule has 2 fully saturated rings. The normalized spacial score (nSPS) is 20.7. The molecule has 0 spiro atoms. The average molecular weight is 426 g/mol. The minimum Gasteiger partial charge on any atom is -0.376 e. The van der Waals surface area contributed by atoms with Crippen molar-refractivity contribution in [1.82, 2.24) is 20.0 Å². The highest BCUT2D eigenvalue weighted by Crippen LogP contribution is 2.18. The number of nitrogens with one attached hydrogen (secondary N) is 1. The Bertz CT molecular complexity index is 808. The van der Waals surface area contributed by atoms with E-state index in [0.717, 1.165) is 69.3 Å². The lowest BCUT2D eigenvalue weighted by atomic mass is 10.1. The van der Waals surface area contributed by atoms with Crippen LogP contribution in [0.3, 0.4) is 0 Å². The number of likely N-dealkylation sites (tertiary alicyclic amines) is 1. The molecular weight excluding hydrogens is 390 g/mol. The predicted molar refractivity (Wildman–Crippen MR) is 123 cm³/mol. The number of rotatable bonds is 7. The summed E-state index contributed by atoms with van der Waals surface area (Å²) in [4.78, 5) is 7.23. The molecule has 1 aromatic heterocycles. The molecule has 2 saturated heterocycles. The van der Waals surface area contributed by atoms with E-state index in [2.05, 4.69) is 40.6 Å². The summed E-state index contributed by atoms with van der Waals surface area (Å²) in [5.41, 5.74) is 2.16. The van der Waals surface area contributed by atoms with Gasteiger partial charge in [0.15, 0.2) is 5.96 Å². The van der Waals surface area contributed by atoms with Crippen LogP contribution in [0.5, 0.6) is 0 Å². The van der Waals surface area contributed by atoms with Gasteiger partial charge in [0.1, 0.15) is 0 Å². The smallest absolute Gasteiger partial charge is 0.194 e. The number of para-hydroxylation sites is 1. The van der Waals surface area contributed by atoms with Gasteiger partial charge in [-0.2, -0.15) is 5.10 Å². The Balaban J connectivity index is 1.27. The van der Waals surface area contributed by atoms with Gasteiger partial charge in [-0.1, -0.05) is 18.2 Å². The van der Waals surface area contributed by atoms with Gasteiger partial charge in [0.05, 0.1) is 37.2 Å². The number of benzene rings is 1. The largest absolute Gasteiger partial charge is 0.376 e. The fraction of sp³-hybridized carbons (Fsp3) is 0.583. The molecule has 1 atom stereocenters. The number of aliphatic imine (C=N–C) groups is 1. The highest BCUT2D eigenvalue weighted by Gasteiger charge is 2.23. The van der Waals surface area contributed by atoms with Crippen LogP contribution in [-0.4, -0.2) is 65.7 Å². The minimum absolute atomic E-state index is 0.294. The Hall–Kier alpha value is -2.38. The molecule has 0 amide bonds. The Kier molecular flexibility index (Phi) is 7.96. The first-order valence-electron chi connectivity index (χ1n) is 11.7. The van der Waals surface area contributed by atoms with Crippen LogP contribution >= 0.6 is 0 Å². The lowest BCUT2D eigenvalue weighted by Gasteiger charge is -2.35. The molecule has 3 heterocycles. The van der Waals surface area contributed by atoms with E-state index in [1.165, 1.54) is 12.8 Å². The molecule has 2 aliphatic rings. The monoisotopic (exact) mass is 425 g/mol. The molecule has 2 aromatic rings. The summed E-state index contributed by atoms with van der Waals surface area (Å²) in [6.07, 6.45) is 10.2. The van der Waals surface area contributed by atoms with Crippen LogP contribution in [-0.2, 0) is 16.0 Å². The van der Waals surface area contributed by atoms with Gasteiger partial charge in [0.2, 0.25) is 0 Å². The molecule has 1 unspecified atom stereocenters. The van der Waals surface area contributed by atoms with Crippen molar-refractivity contribution in [3.8, 4) is 5.69 Å². The fourth-order valence-corrected chi connectivity index (χ4v) is 4.17. The first kappa shape index (κ1) is 21.8. The van der Waals surface area contributed by atoms with Crippen LogP contribution in [0.25, 0.3) is 5.69 Å². The van der Waals surface area contributed by atoms with E-state index in [9.17, 15) is 0 Å². The zero-order valence-electron chi connectivity index (χ0n) is 18.6. The second kappa shape index (κ2) is 11.3. The second-order valence-electron chi connectivity index (χ2n) is 8.31. The SMILES string of the molecule is CCNC(=NCc1cnn(-c2ccccc2)c1)N1CCC(OCC2CCCCO2)CC1. The summed E-state index contributed by atoms with van der Waals surface area (Å²) < 4.78 is 13.9. The molecule has 1 N–H and O–H groups in total. The first-order chi connectivity index (χ1) is 15.3. The third-order valence-electron chi connectivity index (χ3n) is 5.94. The van der Waals surface area contributed by atoms with Gasteiger partial charge in [-0.05, 0) is 51.2 Å². The maximum atomic E-state index is 6.16. The minimum atomic E-state index is 0.294. The van der Waals surface area contributed by atoms with Crippen molar-refractivity contribution in [3.63, 3.8) is 0 Å². The van der Waals surface area contributed by atoms with Crippen molar-refractivity contribution in [2.24, 2.45) is 4.99 Å². The first-order valence-corrected chi connectivity index (χ1v) is 11.7. The van der Waals surface area contributed by atoms with Gasteiger partial charge in [-0.25, -0.2) is 9.67 Å². The van der Waals surface area contributed by atoms with E-state index in [1.54, 1.807) is 0 Å². The molecule has 0 saturated carbocycles. The lowest BCUT2D eigenvalue weighted by Crippen LogP contribution is -2.47. The Morgan fingerprint density at radius 3 is 2.77 bits per heavy atom. The summed E-state index contributed by atoms with van der Waals surface area (Å²) in [7, 11) is 0. The molecule has 1 aromatic carbocycles. The molecule has 168 valence electrons. The van der Waals surface area contributed by atoms with E-state index in [4.69, 9.17) is 14.5 Å². The van der Waals surface area contributed by atoms with Gasteiger partial charge in [0.25, 0.3) is 0 Å². The van der Waals surface area contributed by atoms with Gasteiger partial charge >= 0.3 is 0 Å². The average Bonchev–Trinajstić information content (AvgIpc) is 3.31. The highest BCUT2D eigenvalue weighted by molar-refractivity contribution is 5.80. The molecule has 0 bridgehead atoms. The van der Waals surface area contributed by atoms with E-state index >= 15 is 0 Å². The van der Waals surface area contributed by atoms with Gasteiger partial charge in [0, 0.05) is 38.0 Å². The number of nitrogens with zero attached hydrogens (tertiary/aromatic N) is 4. The molecular formula is C24H35N5O2. The highest BCUT2D eigenvalue weighted by atomic mass is 16.5. The standard InChI is InChI=1S/C24H35N5O2/c1-2-25-24(26-16-20-17-27-29(18-20)21-8-4-3-5-9-21)28-13-11-22(12-14-28)31-19-23-10-6-7-15-30-23/h3-5,8-9,17-18,22-23H,2,6-7,10-16,19H2,1H3,(H,25,26). The number of ether oxygens (including phenoxy) is 2. The number of guanidine groups is 1. The van der Waals surface area contributed by atoms with Crippen LogP contribution in [0, 0.1) is 0 Å². The summed E-state index contributed by atoms with van der Waals surface area (Å²) in [5.74, 6) is 0.976. The predicted octanol–water partition coefficient (Wildman–Crippen LogP) is 3.39. The maximum absolute atomic E-state index is 6.16. The summed E-state index contributed by atoms with van der Waals surface area (Å²) in [6, 6.07) is 10.2. The third-order valence-corrected chi connectivity index (χ3v) is 5.94. The number of hydrogen-bond acceptors (Lipinski definition) is 4. The van der Waals surface area contributed by atoms with E-state index in [-0.39, 0.29) is 0 Å². The van der Waals surface area contributed by atoms with Crippen molar-refractivity contribution in [2.75, 3.05) is 32.8 Å². The number of aromatic nitrogens is 2. The second-order valence-corrected chi connectivity index (χ2v) is 8.31. The van der Waals surface area contributed by atoms with Crippen LogP contribution in [0.1, 0.15) is 44.6 Å². The van der Waals surface area contributed by atoms with E-state index < -0.39 is 0 Å². The van der Waals surface area contributed by atoms with Crippen molar-refractivity contribution in [1.29, 1.82) is 0 Å². The van der Waals surface area contributed by atoms with Crippen molar-refractivity contribution < 1.29 is 9.47 Å². The number of piperidine rings is 1. The third kappa shape index (κ3) is 6.31. The van der Waals surface area contributed by atoms with Crippen molar-refractivity contribution in [2.45, 2.75) is 57.8 Å². The Morgan fingerprint density at radius 1 is 1.19 bits per heavy atom.